The minimum absolute atomic E-state index is 0.195. The van der Waals surface area contributed by atoms with Gasteiger partial charge in [-0.25, -0.2) is 4.39 Å². The number of rotatable bonds is 5. The SMILES string of the molecule is CC(C)N(CC1CCCNC1)c1ccc(C(N)=O)cc1F. The van der Waals surface area contributed by atoms with E-state index >= 15 is 0 Å². The second-order valence-electron chi connectivity index (χ2n) is 5.99. The molecule has 1 atom stereocenters. The number of carbonyl (C=O) groups excluding carboxylic acids is 1. The average molecular weight is 293 g/mol. The van der Waals surface area contributed by atoms with Crippen LogP contribution in [0, 0.1) is 11.7 Å². The van der Waals surface area contributed by atoms with Crippen LogP contribution in [0.4, 0.5) is 10.1 Å². The van der Waals surface area contributed by atoms with Crippen LogP contribution in [0.15, 0.2) is 18.2 Å². The van der Waals surface area contributed by atoms with Crippen molar-refractivity contribution in [3.8, 4) is 0 Å². The summed E-state index contributed by atoms with van der Waals surface area (Å²) in [5, 5.41) is 3.39. The van der Waals surface area contributed by atoms with Gasteiger partial charge in [-0.05, 0) is 63.9 Å². The maximum atomic E-state index is 14.3. The Morgan fingerprint density at radius 3 is 2.81 bits per heavy atom. The van der Waals surface area contributed by atoms with Gasteiger partial charge in [0.1, 0.15) is 5.82 Å². The van der Waals surface area contributed by atoms with E-state index in [0.717, 1.165) is 26.1 Å². The van der Waals surface area contributed by atoms with E-state index in [4.69, 9.17) is 5.73 Å². The van der Waals surface area contributed by atoms with Gasteiger partial charge in [0.05, 0.1) is 5.69 Å². The molecule has 1 heterocycles. The molecule has 1 fully saturated rings. The Kier molecular flexibility index (Phi) is 5.17. The fraction of sp³-hybridized carbons (Fsp3) is 0.562. The lowest BCUT2D eigenvalue weighted by molar-refractivity contribution is 0.1000. The van der Waals surface area contributed by atoms with E-state index in [2.05, 4.69) is 24.1 Å². The lowest BCUT2D eigenvalue weighted by atomic mass is 9.98. The molecule has 1 aliphatic heterocycles. The molecule has 2 rings (SSSR count). The highest BCUT2D eigenvalue weighted by molar-refractivity contribution is 5.93. The molecule has 0 bridgehead atoms. The first-order valence-corrected chi connectivity index (χ1v) is 7.55. The number of hydrogen-bond donors (Lipinski definition) is 2. The van der Waals surface area contributed by atoms with Crippen molar-refractivity contribution >= 4 is 11.6 Å². The van der Waals surface area contributed by atoms with Crippen molar-refractivity contribution in [2.75, 3.05) is 24.5 Å². The van der Waals surface area contributed by atoms with Gasteiger partial charge in [-0.15, -0.1) is 0 Å². The standard InChI is InChI=1S/C16H24FN3O/c1-11(2)20(10-12-4-3-7-19-9-12)15-6-5-13(16(18)21)8-14(15)17/h5-6,8,11-12,19H,3-4,7,9-10H2,1-2H3,(H2,18,21). The van der Waals surface area contributed by atoms with Crippen LogP contribution in [-0.4, -0.2) is 31.6 Å². The first-order valence-electron chi connectivity index (χ1n) is 7.55. The van der Waals surface area contributed by atoms with Gasteiger partial charge in [0.2, 0.25) is 5.91 Å². The summed E-state index contributed by atoms with van der Waals surface area (Å²) in [6.45, 7) is 6.97. The largest absolute Gasteiger partial charge is 0.366 e. The van der Waals surface area contributed by atoms with Crippen LogP contribution in [0.2, 0.25) is 0 Å². The number of primary amides is 1. The van der Waals surface area contributed by atoms with Crippen molar-refractivity contribution in [3.05, 3.63) is 29.6 Å². The predicted molar refractivity (Wildman–Crippen MR) is 83.0 cm³/mol. The van der Waals surface area contributed by atoms with Gasteiger partial charge in [-0.1, -0.05) is 0 Å². The van der Waals surface area contributed by atoms with Crippen LogP contribution in [-0.2, 0) is 0 Å². The Hall–Kier alpha value is -1.62. The molecule has 1 amide bonds. The van der Waals surface area contributed by atoms with E-state index in [0.29, 0.717) is 11.6 Å². The molecule has 1 unspecified atom stereocenters. The monoisotopic (exact) mass is 293 g/mol. The minimum Gasteiger partial charge on any atom is -0.366 e. The normalized spacial score (nSPS) is 18.8. The van der Waals surface area contributed by atoms with Gasteiger partial charge < -0.3 is 16.0 Å². The van der Waals surface area contributed by atoms with E-state index in [1.54, 1.807) is 12.1 Å². The van der Waals surface area contributed by atoms with Gasteiger partial charge in [0, 0.05) is 18.2 Å². The van der Waals surface area contributed by atoms with Crippen LogP contribution < -0.4 is 16.0 Å². The molecule has 0 saturated carbocycles. The van der Waals surface area contributed by atoms with Crippen molar-refractivity contribution in [3.63, 3.8) is 0 Å². The zero-order valence-electron chi connectivity index (χ0n) is 12.7. The first kappa shape index (κ1) is 15.8. The fourth-order valence-electron chi connectivity index (χ4n) is 2.84. The number of halogens is 1. The molecule has 21 heavy (non-hydrogen) atoms. The predicted octanol–water partition coefficient (Wildman–Crippen LogP) is 2.14. The third kappa shape index (κ3) is 3.94. The topological polar surface area (TPSA) is 58.4 Å². The van der Waals surface area contributed by atoms with E-state index in [9.17, 15) is 9.18 Å². The van der Waals surface area contributed by atoms with Crippen LogP contribution in [0.1, 0.15) is 37.0 Å². The summed E-state index contributed by atoms with van der Waals surface area (Å²) in [6, 6.07) is 4.67. The molecular weight excluding hydrogens is 269 g/mol. The molecule has 0 radical (unpaired) electrons. The summed E-state index contributed by atoms with van der Waals surface area (Å²) in [7, 11) is 0. The van der Waals surface area contributed by atoms with Crippen LogP contribution in [0.3, 0.4) is 0 Å². The zero-order chi connectivity index (χ0) is 15.4. The highest BCUT2D eigenvalue weighted by Crippen LogP contribution is 2.25. The molecule has 1 aliphatic rings. The smallest absolute Gasteiger partial charge is 0.248 e. The molecule has 3 N–H and O–H groups in total. The van der Waals surface area contributed by atoms with Gasteiger partial charge in [-0.2, -0.15) is 0 Å². The number of anilines is 1. The van der Waals surface area contributed by atoms with E-state index in [1.165, 1.54) is 12.5 Å². The zero-order valence-corrected chi connectivity index (χ0v) is 12.7. The molecule has 4 nitrogen and oxygen atoms in total. The summed E-state index contributed by atoms with van der Waals surface area (Å²) < 4.78 is 14.3. The molecule has 5 heteroatoms. The molecule has 1 aromatic carbocycles. The number of nitrogens with zero attached hydrogens (tertiary/aromatic N) is 1. The number of piperidine rings is 1. The molecular formula is C16H24FN3O. The van der Waals surface area contributed by atoms with Crippen molar-refractivity contribution in [2.45, 2.75) is 32.7 Å². The number of carbonyl (C=O) groups is 1. The van der Waals surface area contributed by atoms with Crippen LogP contribution in [0.5, 0.6) is 0 Å². The Balaban J connectivity index is 2.19. The van der Waals surface area contributed by atoms with Gasteiger partial charge >= 0.3 is 0 Å². The highest BCUT2D eigenvalue weighted by atomic mass is 19.1. The number of nitrogens with one attached hydrogen (secondary N) is 1. The Morgan fingerprint density at radius 1 is 1.52 bits per heavy atom. The van der Waals surface area contributed by atoms with Crippen molar-refractivity contribution in [2.24, 2.45) is 11.7 Å². The number of amides is 1. The molecule has 1 saturated heterocycles. The van der Waals surface area contributed by atoms with E-state index in [1.807, 2.05) is 0 Å². The van der Waals surface area contributed by atoms with Crippen molar-refractivity contribution < 1.29 is 9.18 Å². The highest BCUT2D eigenvalue weighted by Gasteiger charge is 2.21. The summed E-state index contributed by atoms with van der Waals surface area (Å²) in [5.74, 6) is -0.465. The number of hydrogen-bond acceptors (Lipinski definition) is 3. The third-order valence-electron chi connectivity index (χ3n) is 4.02. The fourth-order valence-corrected chi connectivity index (χ4v) is 2.84. The Labute approximate surface area is 125 Å². The van der Waals surface area contributed by atoms with E-state index in [-0.39, 0.29) is 17.4 Å². The van der Waals surface area contributed by atoms with Gasteiger partial charge in [0.25, 0.3) is 0 Å². The lowest BCUT2D eigenvalue weighted by Gasteiger charge is -2.34. The van der Waals surface area contributed by atoms with Gasteiger partial charge in [-0.3, -0.25) is 4.79 Å². The second kappa shape index (κ2) is 6.89. The van der Waals surface area contributed by atoms with Crippen molar-refractivity contribution in [1.29, 1.82) is 0 Å². The average Bonchev–Trinajstić information content (AvgIpc) is 2.46. The molecule has 116 valence electrons. The van der Waals surface area contributed by atoms with Gasteiger partial charge in [0.15, 0.2) is 0 Å². The maximum Gasteiger partial charge on any atom is 0.248 e. The molecule has 0 spiro atoms. The number of nitrogens with two attached hydrogens (primary N) is 1. The van der Waals surface area contributed by atoms with E-state index < -0.39 is 5.91 Å². The summed E-state index contributed by atoms with van der Waals surface area (Å²) >= 11 is 0. The van der Waals surface area contributed by atoms with Crippen LogP contribution >= 0.6 is 0 Å². The van der Waals surface area contributed by atoms with Crippen LogP contribution in [0.25, 0.3) is 0 Å². The summed E-state index contributed by atoms with van der Waals surface area (Å²) in [4.78, 5) is 13.2. The molecule has 0 aliphatic carbocycles. The molecule has 0 aromatic heterocycles. The second-order valence-corrected chi connectivity index (χ2v) is 5.99. The Morgan fingerprint density at radius 2 is 2.29 bits per heavy atom. The lowest BCUT2D eigenvalue weighted by Crippen LogP contribution is -2.41. The minimum atomic E-state index is -0.604. The summed E-state index contributed by atoms with van der Waals surface area (Å²) in [5.41, 5.74) is 5.94. The third-order valence-corrected chi connectivity index (χ3v) is 4.02. The Bertz CT molecular complexity index is 498. The molecule has 1 aromatic rings. The first-order chi connectivity index (χ1) is 9.99. The number of benzene rings is 1. The quantitative estimate of drug-likeness (QED) is 0.874. The summed E-state index contributed by atoms with van der Waals surface area (Å²) in [6.07, 6.45) is 2.33. The van der Waals surface area contributed by atoms with Crippen molar-refractivity contribution in [1.82, 2.24) is 5.32 Å². The maximum absolute atomic E-state index is 14.3.